The molecule has 0 fully saturated rings. The van der Waals surface area contributed by atoms with Gasteiger partial charge in [0.2, 0.25) is 0 Å². The third-order valence-corrected chi connectivity index (χ3v) is 2.24. The average Bonchev–Trinajstić information content (AvgIpc) is 2.01. The van der Waals surface area contributed by atoms with E-state index in [-0.39, 0.29) is 10.0 Å². The molecule has 0 aliphatic rings. The summed E-state index contributed by atoms with van der Waals surface area (Å²) in [5, 5.41) is 26.8. The first-order valence-electron chi connectivity index (χ1n) is 3.52. The number of phenols is 1. The Morgan fingerprint density at radius 2 is 2.07 bits per heavy atom. The molecule has 0 amide bonds. The van der Waals surface area contributed by atoms with Gasteiger partial charge in [-0.05, 0) is 6.07 Å². The predicted octanol–water partition coefficient (Wildman–Crippen LogP) is 1.41. The molecule has 0 bridgehead atoms. The van der Waals surface area contributed by atoms with E-state index in [2.05, 4.69) is 15.9 Å². The third-order valence-electron chi connectivity index (χ3n) is 1.58. The molecule has 1 aromatic rings. The molecule has 6 heteroatoms. The Bertz CT molecular complexity index is 357. The maximum atomic E-state index is 12.7. The molecule has 1 atom stereocenters. The first-order valence-corrected chi connectivity index (χ1v) is 4.31. The minimum absolute atomic E-state index is 0.00454. The number of phenolic OH excluding ortho intramolecular Hbond substituents is 1. The number of carboxylic acid groups (broad SMARTS) is 1. The summed E-state index contributed by atoms with van der Waals surface area (Å²) < 4.78 is 12.7. The normalized spacial score (nSPS) is 12.5. The van der Waals surface area contributed by atoms with Gasteiger partial charge < -0.3 is 15.3 Å². The Morgan fingerprint density at radius 3 is 2.50 bits per heavy atom. The summed E-state index contributed by atoms with van der Waals surface area (Å²) in [4.78, 5) is 10.4. The SMILES string of the molecule is O=C(O)C(O)c1c(O)cc(F)cc1Br. The molecule has 1 aromatic carbocycles. The molecule has 1 unspecified atom stereocenters. The zero-order chi connectivity index (χ0) is 10.9. The largest absolute Gasteiger partial charge is 0.507 e. The van der Waals surface area contributed by atoms with Gasteiger partial charge in [-0.25, -0.2) is 9.18 Å². The highest BCUT2D eigenvalue weighted by Gasteiger charge is 2.23. The van der Waals surface area contributed by atoms with Crippen LogP contribution in [-0.2, 0) is 4.79 Å². The lowest BCUT2D eigenvalue weighted by Crippen LogP contribution is -2.11. The highest BCUT2D eigenvalue weighted by Crippen LogP contribution is 2.32. The van der Waals surface area contributed by atoms with Gasteiger partial charge in [-0.15, -0.1) is 0 Å². The van der Waals surface area contributed by atoms with E-state index in [1.54, 1.807) is 0 Å². The molecular formula is C8H6BrFO4. The monoisotopic (exact) mass is 264 g/mol. The van der Waals surface area contributed by atoms with E-state index in [0.29, 0.717) is 0 Å². The highest BCUT2D eigenvalue weighted by molar-refractivity contribution is 9.10. The van der Waals surface area contributed by atoms with Crippen molar-refractivity contribution in [3.63, 3.8) is 0 Å². The molecule has 4 nitrogen and oxygen atoms in total. The maximum absolute atomic E-state index is 12.7. The number of hydrogen-bond donors (Lipinski definition) is 3. The van der Waals surface area contributed by atoms with E-state index in [0.717, 1.165) is 12.1 Å². The van der Waals surface area contributed by atoms with Crippen LogP contribution in [0.2, 0.25) is 0 Å². The van der Waals surface area contributed by atoms with Crippen molar-refractivity contribution in [2.24, 2.45) is 0 Å². The second-order valence-electron chi connectivity index (χ2n) is 2.56. The Balaban J connectivity index is 3.27. The van der Waals surface area contributed by atoms with E-state index in [9.17, 15) is 14.3 Å². The number of halogens is 2. The number of aliphatic hydroxyl groups is 1. The second-order valence-corrected chi connectivity index (χ2v) is 3.42. The minimum Gasteiger partial charge on any atom is -0.507 e. The van der Waals surface area contributed by atoms with Crippen LogP contribution in [0.5, 0.6) is 5.75 Å². The van der Waals surface area contributed by atoms with Crippen molar-refractivity contribution in [1.29, 1.82) is 0 Å². The lowest BCUT2D eigenvalue weighted by Gasteiger charge is -2.10. The molecule has 0 aliphatic carbocycles. The van der Waals surface area contributed by atoms with Crippen LogP contribution >= 0.6 is 15.9 Å². The van der Waals surface area contributed by atoms with E-state index in [4.69, 9.17) is 10.2 Å². The van der Waals surface area contributed by atoms with Gasteiger partial charge in [0.05, 0.1) is 0 Å². The van der Waals surface area contributed by atoms with Gasteiger partial charge in [0.15, 0.2) is 6.10 Å². The average molecular weight is 265 g/mol. The number of carbonyl (C=O) groups is 1. The van der Waals surface area contributed by atoms with E-state index in [1.165, 1.54) is 0 Å². The standard InChI is InChI=1S/C8H6BrFO4/c9-4-1-3(10)2-5(11)6(4)7(12)8(13)14/h1-2,7,11-12H,(H,13,14). The summed E-state index contributed by atoms with van der Waals surface area (Å²) in [7, 11) is 0. The summed E-state index contributed by atoms with van der Waals surface area (Å²) in [6.07, 6.45) is -1.88. The van der Waals surface area contributed by atoms with Crippen molar-refractivity contribution in [1.82, 2.24) is 0 Å². The molecular weight excluding hydrogens is 259 g/mol. The van der Waals surface area contributed by atoms with Gasteiger partial charge in [0.1, 0.15) is 11.6 Å². The fourth-order valence-electron chi connectivity index (χ4n) is 0.965. The Labute approximate surface area is 86.7 Å². The molecule has 0 aliphatic heterocycles. The Morgan fingerprint density at radius 1 is 1.50 bits per heavy atom. The molecule has 14 heavy (non-hydrogen) atoms. The number of aliphatic carboxylic acids is 1. The summed E-state index contributed by atoms with van der Waals surface area (Å²) in [5.41, 5.74) is -0.265. The number of rotatable bonds is 2. The van der Waals surface area contributed by atoms with Crippen LogP contribution in [0.3, 0.4) is 0 Å². The molecule has 1 rings (SSSR count). The van der Waals surface area contributed by atoms with E-state index < -0.39 is 23.6 Å². The Hall–Kier alpha value is -1.14. The molecule has 0 spiro atoms. The Kier molecular flexibility index (Phi) is 3.07. The van der Waals surface area contributed by atoms with Gasteiger partial charge in [-0.1, -0.05) is 15.9 Å². The quantitative estimate of drug-likeness (QED) is 0.755. The molecule has 0 saturated heterocycles. The number of carboxylic acids is 1. The lowest BCUT2D eigenvalue weighted by molar-refractivity contribution is -0.147. The number of benzene rings is 1. The van der Waals surface area contributed by atoms with E-state index in [1.807, 2.05) is 0 Å². The van der Waals surface area contributed by atoms with Crippen LogP contribution in [0.1, 0.15) is 11.7 Å². The number of hydrogen-bond acceptors (Lipinski definition) is 3. The first kappa shape index (κ1) is 10.9. The van der Waals surface area contributed by atoms with Crippen LogP contribution in [0.4, 0.5) is 4.39 Å². The molecule has 0 aromatic heterocycles. The topological polar surface area (TPSA) is 77.8 Å². The maximum Gasteiger partial charge on any atom is 0.337 e. The van der Waals surface area contributed by atoms with E-state index >= 15 is 0 Å². The van der Waals surface area contributed by atoms with Gasteiger partial charge in [0, 0.05) is 16.1 Å². The van der Waals surface area contributed by atoms with Crippen molar-refractivity contribution >= 4 is 21.9 Å². The van der Waals surface area contributed by atoms with Gasteiger partial charge in [0.25, 0.3) is 0 Å². The fraction of sp³-hybridized carbons (Fsp3) is 0.125. The smallest absolute Gasteiger partial charge is 0.337 e. The summed E-state index contributed by atoms with van der Waals surface area (Å²) in [5.74, 6) is -2.85. The predicted molar refractivity (Wildman–Crippen MR) is 48.4 cm³/mol. The van der Waals surface area contributed by atoms with Crippen LogP contribution in [0, 0.1) is 5.82 Å². The zero-order valence-corrected chi connectivity index (χ0v) is 8.32. The third kappa shape index (κ3) is 2.02. The summed E-state index contributed by atoms with van der Waals surface area (Å²) >= 11 is 2.84. The van der Waals surface area contributed by atoms with Gasteiger partial charge >= 0.3 is 5.97 Å². The van der Waals surface area contributed by atoms with Gasteiger partial charge in [-0.2, -0.15) is 0 Å². The molecule has 0 saturated carbocycles. The van der Waals surface area contributed by atoms with Crippen LogP contribution in [-0.4, -0.2) is 21.3 Å². The molecule has 3 N–H and O–H groups in total. The number of aromatic hydroxyl groups is 1. The number of aliphatic hydroxyl groups excluding tert-OH is 1. The van der Waals surface area contributed by atoms with Crippen molar-refractivity contribution in [3.8, 4) is 5.75 Å². The summed E-state index contributed by atoms with van der Waals surface area (Å²) in [6.45, 7) is 0. The second kappa shape index (κ2) is 3.93. The van der Waals surface area contributed by atoms with Crippen LogP contribution in [0.25, 0.3) is 0 Å². The fourth-order valence-corrected chi connectivity index (χ4v) is 1.60. The van der Waals surface area contributed by atoms with Crippen LogP contribution in [0.15, 0.2) is 16.6 Å². The summed E-state index contributed by atoms with van der Waals surface area (Å²) in [6, 6.07) is 1.69. The van der Waals surface area contributed by atoms with Crippen LogP contribution < -0.4 is 0 Å². The van der Waals surface area contributed by atoms with Crippen molar-refractivity contribution in [2.45, 2.75) is 6.10 Å². The zero-order valence-electron chi connectivity index (χ0n) is 6.74. The lowest BCUT2D eigenvalue weighted by atomic mass is 10.1. The van der Waals surface area contributed by atoms with Gasteiger partial charge in [-0.3, -0.25) is 0 Å². The molecule has 0 heterocycles. The van der Waals surface area contributed by atoms with Crippen molar-refractivity contribution < 1.29 is 24.5 Å². The first-order chi connectivity index (χ1) is 6.43. The van der Waals surface area contributed by atoms with Crippen molar-refractivity contribution in [3.05, 3.63) is 28.0 Å². The highest BCUT2D eigenvalue weighted by atomic mass is 79.9. The minimum atomic E-state index is -1.88. The molecule has 0 radical (unpaired) electrons. The van der Waals surface area contributed by atoms with Crippen molar-refractivity contribution in [2.75, 3.05) is 0 Å². The molecule has 76 valence electrons.